The highest BCUT2D eigenvalue weighted by molar-refractivity contribution is 8.76. The molecule has 5 amide bonds. The van der Waals surface area contributed by atoms with Crippen LogP contribution in [0.25, 0.3) is 23.3 Å². The monoisotopic (exact) mass is 1520 g/mol. The van der Waals surface area contributed by atoms with Crippen molar-refractivity contribution in [2.24, 2.45) is 45.5 Å². The SMILES string of the molecule is CC[C@H]1C2=NC(=Cc3[nH]c(c(C)c3C(C)=O)C=C3N=C(C4=C5CC(=C2)C(C)=C5C(=O)C4C(=O)OC)[C@@H](CCC(=O)NCCNC(=O)OCCSSC[C@H](NC(=O)[C@@H](CC(=O)CC[C@H](NC(=O)c2ccc(NCc4cnc5nc(N)[nH]c(=O)c5n4)cc2)C(=O)O)CC(=O)NCCS(=O)(=O)O)C(=O)O)[C@@H]3C)[C@@H]1C. The van der Waals surface area contributed by atoms with Gasteiger partial charge in [-0.05, 0) is 111 Å². The third kappa shape index (κ3) is 19.5. The van der Waals surface area contributed by atoms with E-state index in [-0.39, 0.29) is 108 Å². The van der Waals surface area contributed by atoms with Crippen LogP contribution in [0.1, 0.15) is 129 Å². The number of methoxy groups -OCH3 is 1. The molecule has 0 fully saturated rings. The first-order chi connectivity index (χ1) is 50.3. The number of hydrogen-bond donors (Lipinski definition) is 12. The Morgan fingerprint density at radius 2 is 1.50 bits per heavy atom. The number of carboxylic acid groups (broad SMARTS) is 2. The summed E-state index contributed by atoms with van der Waals surface area (Å²) in [6.45, 7) is 10.7. The Morgan fingerprint density at radius 1 is 0.811 bits per heavy atom. The molecular formula is C70H82N14O19S3. The van der Waals surface area contributed by atoms with E-state index in [4.69, 9.17) is 29.7 Å². The van der Waals surface area contributed by atoms with Crippen molar-refractivity contribution in [2.45, 2.75) is 112 Å². The summed E-state index contributed by atoms with van der Waals surface area (Å²) in [6, 6.07) is 2.58. The summed E-state index contributed by atoms with van der Waals surface area (Å²) < 4.78 is 42.2. The van der Waals surface area contributed by atoms with Gasteiger partial charge in [-0.1, -0.05) is 42.4 Å². The molecule has 8 atom stereocenters. The van der Waals surface area contributed by atoms with Crippen LogP contribution in [0.4, 0.5) is 16.4 Å². The average Bonchev–Trinajstić information content (AvgIpc) is 1.56. The van der Waals surface area contributed by atoms with Gasteiger partial charge in [-0.15, -0.1) is 0 Å². The number of H-pyrrole nitrogens is 2. The third-order valence-corrected chi connectivity index (χ3v) is 22.0. The number of ketones is 3. The summed E-state index contributed by atoms with van der Waals surface area (Å²) >= 11 is 0. The summed E-state index contributed by atoms with van der Waals surface area (Å²) in [5, 5.41) is 35.3. The van der Waals surface area contributed by atoms with Crippen molar-refractivity contribution in [1.82, 2.24) is 51.5 Å². The Bertz CT molecular complexity index is 4650. The number of hydrogen-bond acceptors (Lipinski definition) is 25. The number of allylic oxidation sites excluding steroid dienone is 7. The quantitative estimate of drug-likeness (QED) is 0.00747. The van der Waals surface area contributed by atoms with E-state index in [2.05, 4.69) is 70.7 Å². The van der Waals surface area contributed by atoms with Gasteiger partial charge in [-0.3, -0.25) is 62.7 Å². The number of amides is 5. The number of fused-ring (bicyclic) bond motifs is 7. The van der Waals surface area contributed by atoms with Gasteiger partial charge in [0.2, 0.25) is 23.7 Å². The molecule has 5 aliphatic rings. The molecule has 0 saturated carbocycles. The summed E-state index contributed by atoms with van der Waals surface area (Å²) in [5.41, 5.74) is 14.4. The molecule has 3 aromatic heterocycles. The van der Waals surface area contributed by atoms with Gasteiger partial charge < -0.3 is 62.3 Å². The lowest BCUT2D eigenvalue weighted by Crippen LogP contribution is -2.46. The zero-order valence-electron chi connectivity index (χ0n) is 59.0. The molecule has 1 unspecified atom stereocenters. The van der Waals surface area contributed by atoms with Gasteiger partial charge in [-0.2, -0.15) is 13.4 Å². The van der Waals surface area contributed by atoms with Crippen LogP contribution < -0.4 is 43.2 Å². The summed E-state index contributed by atoms with van der Waals surface area (Å²) in [5.74, 6) is -13.0. The van der Waals surface area contributed by atoms with E-state index < -0.39 is 131 Å². The number of ether oxygens (including phenoxy) is 2. The van der Waals surface area contributed by atoms with Crippen LogP contribution in [-0.4, -0.2) is 187 Å². The lowest BCUT2D eigenvalue weighted by Gasteiger charge is -2.22. The summed E-state index contributed by atoms with van der Waals surface area (Å²) in [4.78, 5) is 187. The number of carbonyl (C=O) groups excluding carboxylic acids is 9. The van der Waals surface area contributed by atoms with Gasteiger partial charge in [0.25, 0.3) is 21.6 Å². The lowest BCUT2D eigenvalue weighted by atomic mass is 9.80. The predicted octanol–water partition coefficient (Wildman–Crippen LogP) is 4.79. The maximum absolute atomic E-state index is 14.5. The molecule has 8 bridgehead atoms. The maximum atomic E-state index is 14.5. The number of Topliss-reactive ketones (excluding diaryl/α,β-unsaturated/α-hetero) is 3. The summed E-state index contributed by atoms with van der Waals surface area (Å²) in [7, 11) is -1.24. The fourth-order valence-electron chi connectivity index (χ4n) is 13.3. The van der Waals surface area contributed by atoms with E-state index in [9.17, 15) is 76.2 Å². The Morgan fingerprint density at radius 3 is 2.19 bits per heavy atom. The smallest absolute Gasteiger partial charge is 0.407 e. The van der Waals surface area contributed by atoms with E-state index in [1.807, 2.05) is 39.0 Å². The fraction of sp³-hybridized carbons (Fsp3) is 0.443. The molecule has 106 heavy (non-hydrogen) atoms. The first kappa shape index (κ1) is 79.7. The largest absolute Gasteiger partial charge is 0.480 e. The second kappa shape index (κ2) is 35.1. The number of rotatable bonds is 34. The van der Waals surface area contributed by atoms with Crippen LogP contribution in [0.2, 0.25) is 0 Å². The zero-order chi connectivity index (χ0) is 77.0. The van der Waals surface area contributed by atoms with E-state index in [1.54, 1.807) is 0 Å². The fourth-order valence-corrected chi connectivity index (χ4v) is 15.7. The van der Waals surface area contributed by atoms with Crippen LogP contribution in [-0.2, 0) is 64.5 Å². The Hall–Kier alpha value is -10.5. The molecule has 33 nitrogen and oxygen atoms in total. The first-order valence-corrected chi connectivity index (χ1v) is 38.1. The molecule has 0 saturated heterocycles. The van der Waals surface area contributed by atoms with E-state index in [0.29, 0.717) is 68.4 Å². The molecular weight excluding hydrogens is 1440 g/mol. The number of alkyl carbamates (subject to hydrolysis) is 1. The van der Waals surface area contributed by atoms with Crippen molar-refractivity contribution in [3.63, 3.8) is 0 Å². The van der Waals surface area contributed by atoms with E-state index in [1.165, 1.54) is 44.5 Å². The number of nitrogens with one attached hydrogen (secondary N) is 8. The van der Waals surface area contributed by atoms with Gasteiger partial charge in [0.05, 0.1) is 42.9 Å². The predicted molar refractivity (Wildman–Crippen MR) is 392 cm³/mol. The van der Waals surface area contributed by atoms with Crippen molar-refractivity contribution in [3.05, 3.63) is 120 Å². The van der Waals surface area contributed by atoms with Gasteiger partial charge in [-0.25, -0.2) is 24.4 Å². The molecule has 6 heterocycles. The molecule has 0 radical (unpaired) electrons. The maximum Gasteiger partial charge on any atom is 0.407 e. The minimum Gasteiger partial charge on any atom is -0.480 e. The first-order valence-electron chi connectivity index (χ1n) is 34.0. The lowest BCUT2D eigenvalue weighted by molar-refractivity contribution is -0.146. The van der Waals surface area contributed by atoms with Crippen LogP contribution >= 0.6 is 21.6 Å². The van der Waals surface area contributed by atoms with Gasteiger partial charge in [0.15, 0.2) is 22.7 Å². The number of aliphatic carboxylic acids is 2. The zero-order valence-corrected chi connectivity index (χ0v) is 61.4. The van der Waals surface area contributed by atoms with E-state index >= 15 is 0 Å². The number of aliphatic imine (C=N–C) groups is 2. The molecule has 564 valence electrons. The second-order valence-electron chi connectivity index (χ2n) is 26.0. The Labute approximate surface area is 615 Å². The Balaban J connectivity index is 0.737. The van der Waals surface area contributed by atoms with Crippen LogP contribution in [0.15, 0.2) is 90.6 Å². The number of nitrogens with two attached hydrogens (primary N) is 1. The highest BCUT2D eigenvalue weighted by Gasteiger charge is 2.51. The number of carboxylic acids is 2. The number of aromatic amines is 2. The molecule has 4 aromatic rings. The number of nitrogen functional groups attached to an aromatic ring is 1. The standard InChI is InChI=1S/C70H82N14O19S3/c1-8-43-33(3)47-28-51-55(36(6)85)35(5)49(79-51)27-48-34(4)44(59(80-48)57-45-24-38(25-50(43)78-47)32(2)56(45)61(89)58(57)68(97)102-7)14-16-53(87)72-17-18-74-70(98)103-20-21-104-105-31-52(67(95)96)82-64(91)39(26-54(88)73-19-22-106(99,100)101)23-42(86)13-15-46(66(93)94)81-63(90)37-9-11-40(12-10-37)75-29-41-30-76-62-60(77-41)65(92)84-69(71)83-62/h9-12,25,27-28,30,33-34,39,43-44,46,52,58,75,79H,8,13-24,26,29,31H2,1-7H3,(H,72,87)(H,73,88)(H,74,98)(H,81,90)(H,82,91)(H,93,94)(H,95,96)(H,99,100,101)(H3,71,76,83,84,92)/t33-,34+,39+,43-,44+,46+,52+,58?/m1/s1. The number of anilines is 2. The molecule has 3 aliphatic heterocycles. The number of aromatic nitrogens is 5. The van der Waals surface area contributed by atoms with Crippen molar-refractivity contribution < 1.29 is 85.4 Å². The summed E-state index contributed by atoms with van der Waals surface area (Å²) in [6.07, 6.45) is 5.26. The minimum absolute atomic E-state index is 0.00170. The van der Waals surface area contributed by atoms with Crippen molar-refractivity contribution in [3.8, 4) is 0 Å². The molecule has 0 spiro atoms. The molecule has 2 aliphatic carbocycles. The van der Waals surface area contributed by atoms with Gasteiger partial charge in [0.1, 0.15) is 30.4 Å². The van der Waals surface area contributed by atoms with E-state index in [0.717, 1.165) is 50.6 Å². The molecule has 1 aromatic carbocycles. The Kier molecular flexibility index (Phi) is 26.4. The van der Waals surface area contributed by atoms with Gasteiger partial charge >= 0.3 is 24.0 Å². The third-order valence-electron chi connectivity index (χ3n) is 18.9. The van der Waals surface area contributed by atoms with Crippen molar-refractivity contribution in [1.29, 1.82) is 0 Å². The number of carbonyl (C=O) groups is 11. The normalized spacial score (nSPS) is 18.8. The number of benzene rings is 1. The minimum atomic E-state index is -4.52. The van der Waals surface area contributed by atoms with Crippen LogP contribution in [0.5, 0.6) is 0 Å². The molecule has 36 heteroatoms. The van der Waals surface area contributed by atoms with Gasteiger partial charge in [0, 0.05) is 137 Å². The topological polar surface area (TPSA) is 511 Å². The van der Waals surface area contributed by atoms with Crippen molar-refractivity contribution >= 4 is 143 Å². The number of nitrogens with zero attached hydrogens (tertiary/aromatic N) is 5. The highest BCUT2D eigenvalue weighted by Crippen LogP contribution is 2.51. The van der Waals surface area contributed by atoms with Crippen LogP contribution in [0, 0.1) is 42.4 Å². The van der Waals surface area contributed by atoms with Crippen LogP contribution in [0.3, 0.4) is 0 Å². The molecule has 9 rings (SSSR count). The highest BCUT2D eigenvalue weighted by atomic mass is 33.1. The molecule has 13 N–H and O–H groups in total. The average molecular weight is 1520 g/mol. The second-order valence-corrected chi connectivity index (χ2v) is 30.2. The number of esters is 1. The van der Waals surface area contributed by atoms with Crippen molar-refractivity contribution in [2.75, 3.05) is 61.7 Å².